The number of hydrogen-bond donors (Lipinski definition) is 1. The summed E-state index contributed by atoms with van der Waals surface area (Å²) in [6.45, 7) is 9.79. The summed E-state index contributed by atoms with van der Waals surface area (Å²) >= 11 is 0. The number of anilines is 1. The van der Waals surface area contributed by atoms with Gasteiger partial charge in [0.05, 0.1) is 0 Å². The fourth-order valence-electron chi connectivity index (χ4n) is 1.98. The Labute approximate surface area is 111 Å². The molecule has 3 nitrogen and oxygen atoms in total. The molecule has 1 heterocycles. The number of hydrogen-bond acceptors (Lipinski definition) is 3. The molecule has 1 aromatic heterocycles. The Morgan fingerprint density at radius 1 is 1.33 bits per heavy atom. The number of rotatable bonds is 7. The number of nitrogens with two attached hydrogens (primary N) is 1. The maximum atomic E-state index is 5.95. The summed E-state index contributed by atoms with van der Waals surface area (Å²) in [5.41, 5.74) is 7.10. The smallest absolute Gasteiger partial charge is 0.129 e. The molecule has 0 radical (unpaired) electrons. The number of nitrogens with zero attached hydrogens (tertiary/aromatic N) is 2. The first-order valence-corrected chi connectivity index (χ1v) is 7.08. The van der Waals surface area contributed by atoms with Crippen molar-refractivity contribution in [3.8, 4) is 0 Å². The molecule has 0 amide bonds. The minimum atomic E-state index is 0.0664. The second-order valence-electron chi connectivity index (χ2n) is 5.04. The molecule has 3 heteroatoms. The minimum Gasteiger partial charge on any atom is -0.354 e. The van der Waals surface area contributed by atoms with Crippen LogP contribution >= 0.6 is 0 Å². The molecule has 0 aromatic carbocycles. The van der Waals surface area contributed by atoms with E-state index < -0.39 is 0 Å². The van der Waals surface area contributed by atoms with E-state index >= 15 is 0 Å². The Hall–Kier alpha value is -1.09. The summed E-state index contributed by atoms with van der Waals surface area (Å²) in [6, 6.07) is 4.72. The Bertz CT molecular complexity index is 349. The summed E-state index contributed by atoms with van der Waals surface area (Å²) in [7, 11) is 0. The van der Waals surface area contributed by atoms with Gasteiger partial charge in [-0.2, -0.15) is 0 Å². The highest BCUT2D eigenvalue weighted by Crippen LogP contribution is 2.20. The highest BCUT2D eigenvalue weighted by molar-refractivity contribution is 5.42. The summed E-state index contributed by atoms with van der Waals surface area (Å²) < 4.78 is 0. The summed E-state index contributed by atoms with van der Waals surface area (Å²) in [5, 5.41) is 0. The van der Waals surface area contributed by atoms with Crippen LogP contribution in [0.3, 0.4) is 0 Å². The van der Waals surface area contributed by atoms with Gasteiger partial charge in [0, 0.05) is 24.8 Å². The lowest BCUT2D eigenvalue weighted by Crippen LogP contribution is -2.34. The number of aromatic nitrogens is 1. The van der Waals surface area contributed by atoms with Crippen molar-refractivity contribution in [3.63, 3.8) is 0 Å². The molecule has 0 aliphatic rings. The van der Waals surface area contributed by atoms with Crippen molar-refractivity contribution in [3.05, 3.63) is 23.9 Å². The average molecular weight is 249 g/mol. The van der Waals surface area contributed by atoms with Crippen molar-refractivity contribution < 1.29 is 0 Å². The van der Waals surface area contributed by atoms with Crippen LogP contribution in [0.25, 0.3) is 0 Å². The number of unbranched alkanes of at least 4 members (excludes halogenated alkanes) is 1. The van der Waals surface area contributed by atoms with E-state index in [1.165, 1.54) is 12.8 Å². The molecule has 18 heavy (non-hydrogen) atoms. The lowest BCUT2D eigenvalue weighted by molar-refractivity contribution is 0.589. The van der Waals surface area contributed by atoms with Crippen LogP contribution in [0.5, 0.6) is 0 Å². The Kier molecular flexibility index (Phi) is 6.13. The standard InChI is InChI=1S/C15H27N3/c1-5-7-10-18(12(3)6-2)15-11-14(13(4)16)8-9-17-15/h8-9,11-13H,5-7,10,16H2,1-4H3/t12?,13-/m0/s1. The summed E-state index contributed by atoms with van der Waals surface area (Å²) in [4.78, 5) is 6.91. The molecule has 2 N–H and O–H groups in total. The maximum Gasteiger partial charge on any atom is 0.129 e. The fraction of sp³-hybridized carbons (Fsp3) is 0.667. The molecule has 0 fully saturated rings. The molecule has 0 aliphatic carbocycles. The molecule has 0 spiro atoms. The molecule has 1 unspecified atom stereocenters. The number of pyridine rings is 1. The monoisotopic (exact) mass is 249 g/mol. The molecule has 0 bridgehead atoms. The topological polar surface area (TPSA) is 42.1 Å². The van der Waals surface area contributed by atoms with Gasteiger partial charge in [0.1, 0.15) is 5.82 Å². The van der Waals surface area contributed by atoms with Crippen LogP contribution in [-0.4, -0.2) is 17.6 Å². The van der Waals surface area contributed by atoms with E-state index in [4.69, 9.17) is 5.73 Å². The molecule has 102 valence electrons. The second-order valence-corrected chi connectivity index (χ2v) is 5.04. The van der Waals surface area contributed by atoms with Crippen LogP contribution in [0.2, 0.25) is 0 Å². The van der Waals surface area contributed by atoms with Crippen LogP contribution in [0.1, 0.15) is 58.6 Å². The predicted octanol–water partition coefficient (Wildman–Crippen LogP) is 3.51. The lowest BCUT2D eigenvalue weighted by Gasteiger charge is -2.30. The van der Waals surface area contributed by atoms with Gasteiger partial charge in [-0.1, -0.05) is 20.3 Å². The Balaban J connectivity index is 2.93. The van der Waals surface area contributed by atoms with Crippen molar-refractivity contribution in [2.45, 2.75) is 59.0 Å². The van der Waals surface area contributed by atoms with Gasteiger partial charge in [0.15, 0.2) is 0 Å². The first kappa shape index (κ1) is 15.0. The third-order valence-corrected chi connectivity index (χ3v) is 3.47. The van der Waals surface area contributed by atoms with E-state index in [2.05, 4.69) is 36.7 Å². The molecular weight excluding hydrogens is 222 g/mol. The van der Waals surface area contributed by atoms with Crippen molar-refractivity contribution in [2.24, 2.45) is 5.73 Å². The fourth-order valence-corrected chi connectivity index (χ4v) is 1.98. The van der Waals surface area contributed by atoms with Crippen LogP contribution in [0.15, 0.2) is 18.3 Å². The zero-order valence-corrected chi connectivity index (χ0v) is 12.2. The molecule has 1 aromatic rings. The molecule has 0 saturated carbocycles. The third-order valence-electron chi connectivity index (χ3n) is 3.47. The summed E-state index contributed by atoms with van der Waals surface area (Å²) in [6.07, 6.45) is 5.41. The van der Waals surface area contributed by atoms with Gasteiger partial charge in [-0.3, -0.25) is 0 Å². The molecule has 1 rings (SSSR count). The van der Waals surface area contributed by atoms with E-state index in [1.807, 2.05) is 19.2 Å². The molecule has 0 aliphatic heterocycles. The highest BCUT2D eigenvalue weighted by atomic mass is 15.2. The highest BCUT2D eigenvalue weighted by Gasteiger charge is 2.14. The van der Waals surface area contributed by atoms with Gasteiger partial charge in [0.2, 0.25) is 0 Å². The largest absolute Gasteiger partial charge is 0.354 e. The van der Waals surface area contributed by atoms with Crippen LogP contribution in [-0.2, 0) is 0 Å². The van der Waals surface area contributed by atoms with Gasteiger partial charge in [-0.05, 0) is 44.4 Å². The van der Waals surface area contributed by atoms with Crippen molar-refractivity contribution >= 4 is 5.82 Å². The molecule has 2 atom stereocenters. The van der Waals surface area contributed by atoms with Crippen LogP contribution in [0.4, 0.5) is 5.82 Å². The first-order valence-electron chi connectivity index (χ1n) is 7.08. The Morgan fingerprint density at radius 3 is 2.61 bits per heavy atom. The van der Waals surface area contributed by atoms with E-state index in [9.17, 15) is 0 Å². The first-order chi connectivity index (χ1) is 8.60. The quantitative estimate of drug-likeness (QED) is 0.804. The van der Waals surface area contributed by atoms with Crippen LogP contribution in [0, 0.1) is 0 Å². The Morgan fingerprint density at radius 2 is 2.06 bits per heavy atom. The maximum absolute atomic E-state index is 5.95. The van der Waals surface area contributed by atoms with Crippen molar-refractivity contribution in [2.75, 3.05) is 11.4 Å². The van der Waals surface area contributed by atoms with E-state index in [1.54, 1.807) is 0 Å². The normalized spacial score (nSPS) is 14.3. The SMILES string of the molecule is CCCCN(c1cc([C@H](C)N)ccn1)C(C)CC. The van der Waals surface area contributed by atoms with Gasteiger partial charge in [-0.15, -0.1) is 0 Å². The van der Waals surface area contributed by atoms with Gasteiger partial charge < -0.3 is 10.6 Å². The van der Waals surface area contributed by atoms with E-state index in [0.29, 0.717) is 6.04 Å². The molecule has 0 saturated heterocycles. The lowest BCUT2D eigenvalue weighted by atomic mass is 10.1. The van der Waals surface area contributed by atoms with E-state index in [0.717, 1.165) is 24.3 Å². The average Bonchev–Trinajstić information content (AvgIpc) is 2.39. The van der Waals surface area contributed by atoms with Gasteiger partial charge >= 0.3 is 0 Å². The molecular formula is C15H27N3. The minimum absolute atomic E-state index is 0.0664. The van der Waals surface area contributed by atoms with Gasteiger partial charge in [0.25, 0.3) is 0 Å². The third kappa shape index (κ3) is 3.98. The van der Waals surface area contributed by atoms with Crippen molar-refractivity contribution in [1.82, 2.24) is 4.98 Å². The van der Waals surface area contributed by atoms with Gasteiger partial charge in [-0.25, -0.2) is 4.98 Å². The zero-order valence-electron chi connectivity index (χ0n) is 12.2. The van der Waals surface area contributed by atoms with Crippen LogP contribution < -0.4 is 10.6 Å². The zero-order chi connectivity index (χ0) is 13.5. The summed E-state index contributed by atoms with van der Waals surface area (Å²) in [5.74, 6) is 1.06. The van der Waals surface area contributed by atoms with Crippen molar-refractivity contribution in [1.29, 1.82) is 0 Å². The predicted molar refractivity (Wildman–Crippen MR) is 78.8 cm³/mol. The van der Waals surface area contributed by atoms with E-state index in [-0.39, 0.29) is 6.04 Å². The second kappa shape index (κ2) is 7.37.